The summed E-state index contributed by atoms with van der Waals surface area (Å²) >= 11 is 6.06. The summed E-state index contributed by atoms with van der Waals surface area (Å²) in [6.45, 7) is 0.368. The van der Waals surface area contributed by atoms with Gasteiger partial charge in [-0.2, -0.15) is 0 Å². The molecule has 0 aromatic heterocycles. The van der Waals surface area contributed by atoms with Crippen molar-refractivity contribution in [3.05, 3.63) is 59.1 Å². The zero-order chi connectivity index (χ0) is 17.9. The number of hydrogen-bond donors (Lipinski definition) is 1. The predicted molar refractivity (Wildman–Crippen MR) is 99.8 cm³/mol. The molecule has 0 radical (unpaired) electrons. The molecule has 3 rings (SSSR count). The second-order valence-electron chi connectivity index (χ2n) is 6.47. The minimum absolute atomic E-state index is 0.125. The topological polar surface area (TPSA) is 55.4 Å². The molecule has 1 N–H and O–H groups in total. The van der Waals surface area contributed by atoms with E-state index in [9.17, 15) is 8.42 Å². The Hall–Kier alpha value is -1.56. The van der Waals surface area contributed by atoms with Gasteiger partial charge in [0.05, 0.1) is 12.1 Å². The lowest BCUT2D eigenvalue weighted by Gasteiger charge is -2.30. The van der Waals surface area contributed by atoms with Crippen molar-refractivity contribution in [1.29, 1.82) is 0 Å². The zero-order valence-corrected chi connectivity index (χ0v) is 15.7. The van der Waals surface area contributed by atoms with Crippen LogP contribution in [0, 0.1) is 0 Å². The quantitative estimate of drug-likeness (QED) is 0.820. The van der Waals surface area contributed by atoms with E-state index in [-0.39, 0.29) is 15.3 Å². The van der Waals surface area contributed by atoms with E-state index in [1.54, 1.807) is 25.3 Å². The molecule has 0 aliphatic heterocycles. The summed E-state index contributed by atoms with van der Waals surface area (Å²) in [6, 6.07) is 14.4. The van der Waals surface area contributed by atoms with Crippen molar-refractivity contribution in [3.8, 4) is 5.75 Å². The van der Waals surface area contributed by atoms with Crippen LogP contribution in [0.3, 0.4) is 0 Å². The fourth-order valence-corrected chi connectivity index (χ4v) is 5.18. The number of sulfonamides is 1. The second kappa shape index (κ2) is 7.36. The molecule has 0 heterocycles. The minimum Gasteiger partial charge on any atom is -0.497 e. The van der Waals surface area contributed by atoms with Crippen molar-refractivity contribution in [3.63, 3.8) is 0 Å². The van der Waals surface area contributed by atoms with E-state index in [0.717, 1.165) is 37.0 Å². The van der Waals surface area contributed by atoms with Crippen LogP contribution in [0.15, 0.2) is 53.4 Å². The van der Waals surface area contributed by atoms with Crippen molar-refractivity contribution < 1.29 is 13.2 Å². The van der Waals surface area contributed by atoms with Crippen molar-refractivity contribution in [1.82, 2.24) is 4.72 Å². The Kier molecular flexibility index (Phi) is 5.37. The third kappa shape index (κ3) is 3.84. The first kappa shape index (κ1) is 18.2. The summed E-state index contributed by atoms with van der Waals surface area (Å²) in [7, 11) is -2.01. The van der Waals surface area contributed by atoms with Gasteiger partial charge in [-0.15, -0.1) is 0 Å². The van der Waals surface area contributed by atoms with E-state index in [1.165, 1.54) is 6.07 Å². The van der Waals surface area contributed by atoms with E-state index >= 15 is 0 Å². The molecule has 1 saturated carbocycles. The summed E-state index contributed by atoms with van der Waals surface area (Å²) in [5.41, 5.74) is 0.966. The lowest BCUT2D eigenvalue weighted by Crippen LogP contribution is -2.39. The van der Waals surface area contributed by atoms with Gasteiger partial charge in [-0.05, 0) is 42.7 Å². The Morgan fingerprint density at radius 2 is 1.72 bits per heavy atom. The van der Waals surface area contributed by atoms with Gasteiger partial charge in [0.2, 0.25) is 10.0 Å². The van der Waals surface area contributed by atoms with Gasteiger partial charge in [0.25, 0.3) is 0 Å². The fraction of sp³-hybridized carbons (Fsp3) is 0.368. The molecular weight excluding hydrogens is 358 g/mol. The first-order valence-corrected chi connectivity index (χ1v) is 10.2. The van der Waals surface area contributed by atoms with Crippen molar-refractivity contribution in [2.45, 2.75) is 36.0 Å². The SMILES string of the molecule is COc1ccc(C2(CNS(=O)(=O)c3ccccc3Cl)CCCC2)cc1. The molecule has 6 heteroatoms. The Labute approximate surface area is 154 Å². The maximum absolute atomic E-state index is 12.7. The number of hydrogen-bond acceptors (Lipinski definition) is 3. The van der Waals surface area contributed by atoms with Gasteiger partial charge in [-0.1, -0.05) is 48.7 Å². The monoisotopic (exact) mass is 379 g/mol. The zero-order valence-electron chi connectivity index (χ0n) is 14.2. The number of benzene rings is 2. The summed E-state index contributed by atoms with van der Waals surface area (Å²) < 4.78 is 33.3. The van der Waals surface area contributed by atoms with E-state index in [0.29, 0.717) is 6.54 Å². The van der Waals surface area contributed by atoms with Crippen molar-refractivity contribution in [2.75, 3.05) is 13.7 Å². The molecule has 1 fully saturated rings. The molecule has 0 saturated heterocycles. The highest BCUT2D eigenvalue weighted by atomic mass is 35.5. The molecule has 2 aromatic carbocycles. The Bertz CT molecular complexity index is 828. The largest absolute Gasteiger partial charge is 0.497 e. The van der Waals surface area contributed by atoms with Gasteiger partial charge in [0.15, 0.2) is 0 Å². The Morgan fingerprint density at radius 3 is 2.32 bits per heavy atom. The first-order valence-electron chi connectivity index (χ1n) is 8.36. The highest BCUT2D eigenvalue weighted by Gasteiger charge is 2.37. The lowest BCUT2D eigenvalue weighted by atomic mass is 9.79. The fourth-order valence-electron chi connectivity index (χ4n) is 3.54. The maximum atomic E-state index is 12.7. The molecule has 0 unspecified atom stereocenters. The second-order valence-corrected chi connectivity index (χ2v) is 8.61. The smallest absolute Gasteiger partial charge is 0.242 e. The first-order chi connectivity index (χ1) is 12.0. The average Bonchev–Trinajstić information content (AvgIpc) is 3.11. The van der Waals surface area contributed by atoms with Crippen LogP contribution in [0.1, 0.15) is 31.2 Å². The highest BCUT2D eigenvalue weighted by molar-refractivity contribution is 7.89. The standard InChI is InChI=1S/C19H22ClNO3S/c1-24-16-10-8-15(9-11-16)19(12-4-5-13-19)14-21-25(22,23)18-7-3-2-6-17(18)20/h2-3,6-11,21H,4-5,12-14H2,1H3. The van der Waals surface area contributed by atoms with E-state index < -0.39 is 10.0 Å². The van der Waals surface area contributed by atoms with Gasteiger partial charge in [0.1, 0.15) is 10.6 Å². The van der Waals surface area contributed by atoms with Crippen LogP contribution in [0.5, 0.6) is 5.75 Å². The highest BCUT2D eigenvalue weighted by Crippen LogP contribution is 2.41. The predicted octanol–water partition coefficient (Wildman–Crippen LogP) is 4.14. The van der Waals surface area contributed by atoms with E-state index in [2.05, 4.69) is 4.72 Å². The van der Waals surface area contributed by atoms with Gasteiger partial charge >= 0.3 is 0 Å². The van der Waals surface area contributed by atoms with E-state index in [4.69, 9.17) is 16.3 Å². The van der Waals surface area contributed by atoms with E-state index in [1.807, 2.05) is 24.3 Å². The molecule has 0 bridgehead atoms. The summed E-state index contributed by atoms with van der Waals surface area (Å²) in [5.74, 6) is 0.800. The molecule has 1 aliphatic carbocycles. The van der Waals surface area contributed by atoms with Gasteiger partial charge in [-0.3, -0.25) is 0 Å². The van der Waals surface area contributed by atoms with Crippen molar-refractivity contribution >= 4 is 21.6 Å². The summed E-state index contributed by atoms with van der Waals surface area (Å²) in [4.78, 5) is 0.125. The van der Waals surface area contributed by atoms with Crippen LogP contribution < -0.4 is 9.46 Å². The molecule has 134 valence electrons. The molecule has 0 amide bonds. The van der Waals surface area contributed by atoms with Crippen LogP contribution in [0.4, 0.5) is 0 Å². The molecule has 25 heavy (non-hydrogen) atoms. The van der Waals surface area contributed by atoms with Crippen LogP contribution in [-0.4, -0.2) is 22.1 Å². The van der Waals surface area contributed by atoms with Crippen LogP contribution in [-0.2, 0) is 15.4 Å². The molecule has 4 nitrogen and oxygen atoms in total. The molecule has 1 aliphatic rings. The number of ether oxygens (including phenoxy) is 1. The maximum Gasteiger partial charge on any atom is 0.242 e. The number of nitrogens with one attached hydrogen (secondary N) is 1. The normalized spacial score (nSPS) is 16.7. The molecular formula is C19H22ClNO3S. The number of halogens is 1. The van der Waals surface area contributed by atoms with Gasteiger partial charge < -0.3 is 4.74 Å². The lowest BCUT2D eigenvalue weighted by molar-refractivity contribution is 0.410. The van der Waals surface area contributed by atoms with Gasteiger partial charge in [-0.25, -0.2) is 13.1 Å². The molecule has 0 atom stereocenters. The minimum atomic E-state index is -3.64. The van der Waals surface area contributed by atoms with Crippen LogP contribution in [0.25, 0.3) is 0 Å². The number of rotatable bonds is 6. The van der Waals surface area contributed by atoms with Crippen molar-refractivity contribution in [2.24, 2.45) is 0 Å². The average molecular weight is 380 g/mol. The third-order valence-electron chi connectivity index (χ3n) is 4.99. The molecule has 2 aromatic rings. The van der Waals surface area contributed by atoms with Crippen LogP contribution >= 0.6 is 11.6 Å². The Morgan fingerprint density at radius 1 is 1.08 bits per heavy atom. The third-order valence-corrected chi connectivity index (χ3v) is 6.89. The van der Waals surface area contributed by atoms with Gasteiger partial charge in [0, 0.05) is 12.0 Å². The molecule has 0 spiro atoms. The summed E-state index contributed by atoms with van der Waals surface area (Å²) in [5, 5.41) is 0.236. The number of methoxy groups -OCH3 is 1. The Balaban J connectivity index is 1.84. The van der Waals surface area contributed by atoms with Crippen LogP contribution in [0.2, 0.25) is 5.02 Å². The summed E-state index contributed by atoms with van der Waals surface area (Å²) in [6.07, 6.45) is 4.12.